The molecule has 0 spiro atoms. The second-order valence-corrected chi connectivity index (χ2v) is 7.44. The van der Waals surface area contributed by atoms with E-state index in [1.807, 2.05) is 19.1 Å². The van der Waals surface area contributed by atoms with Crippen molar-refractivity contribution in [2.45, 2.75) is 45.6 Å². The maximum absolute atomic E-state index is 14.7. The summed E-state index contributed by atoms with van der Waals surface area (Å²) in [6.45, 7) is 4.35. The lowest BCUT2D eigenvalue weighted by molar-refractivity contribution is -0.140. The smallest absolute Gasteiger partial charge is 0.295 e. The summed E-state index contributed by atoms with van der Waals surface area (Å²) in [4.78, 5) is 27.0. The van der Waals surface area contributed by atoms with E-state index in [0.29, 0.717) is 12.1 Å². The number of nitrogens with zero attached hydrogens (tertiary/aromatic N) is 1. The van der Waals surface area contributed by atoms with E-state index in [-0.39, 0.29) is 16.9 Å². The molecule has 1 aliphatic rings. The fraction of sp³-hybridized carbons (Fsp3) is 0.333. The highest BCUT2D eigenvalue weighted by molar-refractivity contribution is 6.46. The molecule has 29 heavy (non-hydrogen) atoms. The first-order valence-corrected chi connectivity index (χ1v) is 10.1. The molecule has 1 amide bonds. The van der Waals surface area contributed by atoms with Crippen molar-refractivity contribution in [2.24, 2.45) is 0 Å². The Hall–Kier alpha value is -2.95. The summed E-state index contributed by atoms with van der Waals surface area (Å²) < 4.78 is 14.7. The molecule has 1 fully saturated rings. The van der Waals surface area contributed by atoms with Crippen LogP contribution in [-0.2, 0) is 9.59 Å². The van der Waals surface area contributed by atoms with Crippen molar-refractivity contribution < 1.29 is 19.1 Å². The number of aryl methyl sites for hydroxylation is 1. The maximum atomic E-state index is 14.7. The lowest BCUT2D eigenvalue weighted by Gasteiger charge is -2.25. The van der Waals surface area contributed by atoms with Crippen LogP contribution < -0.4 is 0 Å². The first-order valence-electron chi connectivity index (χ1n) is 10.1. The fourth-order valence-electron chi connectivity index (χ4n) is 3.71. The number of carbonyl (C=O) groups is 2. The van der Waals surface area contributed by atoms with Crippen LogP contribution in [0.4, 0.5) is 4.39 Å². The number of benzene rings is 2. The van der Waals surface area contributed by atoms with Gasteiger partial charge in [-0.05, 0) is 19.4 Å². The predicted molar refractivity (Wildman–Crippen MR) is 111 cm³/mol. The van der Waals surface area contributed by atoms with E-state index in [4.69, 9.17) is 0 Å². The minimum atomic E-state index is -0.931. The van der Waals surface area contributed by atoms with Gasteiger partial charge in [-0.3, -0.25) is 9.59 Å². The van der Waals surface area contributed by atoms with Gasteiger partial charge in [-0.2, -0.15) is 0 Å². The first-order chi connectivity index (χ1) is 14.0. The van der Waals surface area contributed by atoms with Gasteiger partial charge in [0.1, 0.15) is 11.6 Å². The van der Waals surface area contributed by atoms with E-state index in [2.05, 4.69) is 6.92 Å². The van der Waals surface area contributed by atoms with Crippen molar-refractivity contribution in [3.05, 3.63) is 76.6 Å². The molecule has 1 unspecified atom stereocenters. The largest absolute Gasteiger partial charge is 0.507 e. The third-order valence-corrected chi connectivity index (χ3v) is 5.32. The van der Waals surface area contributed by atoms with Gasteiger partial charge in [-0.15, -0.1) is 0 Å². The molecule has 3 rings (SSSR count). The summed E-state index contributed by atoms with van der Waals surface area (Å²) in [5.41, 5.74) is 1.60. The Kier molecular flexibility index (Phi) is 6.47. The van der Waals surface area contributed by atoms with E-state index in [1.54, 1.807) is 30.3 Å². The molecule has 0 radical (unpaired) electrons. The molecule has 1 aliphatic heterocycles. The Bertz CT molecular complexity index is 933. The van der Waals surface area contributed by atoms with Gasteiger partial charge in [0.2, 0.25) is 0 Å². The monoisotopic (exact) mass is 395 g/mol. The highest BCUT2D eigenvalue weighted by Crippen LogP contribution is 2.40. The number of Topliss-reactive ketones (excluding diaryl/α,β-unsaturated/α-hetero) is 1. The van der Waals surface area contributed by atoms with Gasteiger partial charge in [-0.1, -0.05) is 74.2 Å². The summed E-state index contributed by atoms with van der Waals surface area (Å²) in [5.74, 6) is -2.24. The third-order valence-electron chi connectivity index (χ3n) is 5.32. The van der Waals surface area contributed by atoms with Crippen LogP contribution in [-0.4, -0.2) is 28.2 Å². The molecule has 2 aromatic carbocycles. The molecule has 1 atom stereocenters. The number of amides is 1. The van der Waals surface area contributed by atoms with Gasteiger partial charge < -0.3 is 10.0 Å². The maximum Gasteiger partial charge on any atom is 0.295 e. The third kappa shape index (κ3) is 4.24. The van der Waals surface area contributed by atoms with Crippen molar-refractivity contribution in [2.75, 3.05) is 6.54 Å². The summed E-state index contributed by atoms with van der Waals surface area (Å²) in [6, 6.07) is 12.2. The second kappa shape index (κ2) is 9.03. The van der Waals surface area contributed by atoms with E-state index in [0.717, 1.165) is 31.2 Å². The van der Waals surface area contributed by atoms with Crippen LogP contribution in [0.15, 0.2) is 54.1 Å². The zero-order chi connectivity index (χ0) is 21.0. The molecule has 0 bridgehead atoms. The fourth-order valence-corrected chi connectivity index (χ4v) is 3.71. The lowest BCUT2D eigenvalue weighted by atomic mass is 9.94. The average molecular weight is 395 g/mol. The van der Waals surface area contributed by atoms with E-state index in [1.165, 1.54) is 11.0 Å². The van der Waals surface area contributed by atoms with Gasteiger partial charge in [-0.25, -0.2) is 4.39 Å². The summed E-state index contributed by atoms with van der Waals surface area (Å²) in [5, 5.41) is 10.9. The molecule has 2 aromatic rings. The van der Waals surface area contributed by atoms with E-state index >= 15 is 0 Å². The summed E-state index contributed by atoms with van der Waals surface area (Å²) >= 11 is 0. The Balaban J connectivity index is 2.08. The molecule has 1 heterocycles. The Morgan fingerprint density at radius 2 is 1.72 bits per heavy atom. The summed E-state index contributed by atoms with van der Waals surface area (Å²) in [6.07, 6.45) is 3.71. The van der Waals surface area contributed by atoms with E-state index in [9.17, 15) is 19.1 Å². The standard InChI is InChI=1S/C24H26FNO3/c1-3-4-5-8-15-26-21(18-9-6-7-10-19(18)25)20(23(28)24(26)29)22(27)17-13-11-16(2)12-14-17/h6-7,9-14,21,27H,3-5,8,15H2,1-2H3. The molecule has 5 heteroatoms. The number of hydrogen-bond acceptors (Lipinski definition) is 3. The number of carbonyl (C=O) groups excluding carboxylic acids is 2. The minimum Gasteiger partial charge on any atom is -0.507 e. The van der Waals surface area contributed by atoms with Gasteiger partial charge in [0.05, 0.1) is 11.6 Å². The number of hydrogen-bond donors (Lipinski definition) is 1. The molecule has 0 aromatic heterocycles. The van der Waals surface area contributed by atoms with Crippen LogP contribution in [0.3, 0.4) is 0 Å². The quantitative estimate of drug-likeness (QED) is 0.306. The molecular formula is C24H26FNO3. The number of aliphatic hydroxyl groups is 1. The molecule has 1 N–H and O–H groups in total. The molecule has 1 saturated heterocycles. The predicted octanol–water partition coefficient (Wildman–Crippen LogP) is 5.14. The lowest BCUT2D eigenvalue weighted by Crippen LogP contribution is -2.31. The van der Waals surface area contributed by atoms with Gasteiger partial charge in [0.25, 0.3) is 11.7 Å². The molecule has 0 aliphatic carbocycles. The van der Waals surface area contributed by atoms with Crippen molar-refractivity contribution >= 4 is 17.4 Å². The van der Waals surface area contributed by atoms with Gasteiger partial charge in [0.15, 0.2) is 0 Å². The number of rotatable bonds is 7. The molecule has 152 valence electrons. The normalized spacial score (nSPS) is 18.4. The first kappa shape index (κ1) is 20.8. The zero-order valence-corrected chi connectivity index (χ0v) is 16.8. The number of ketones is 1. The van der Waals surface area contributed by atoms with Crippen molar-refractivity contribution in [1.82, 2.24) is 4.90 Å². The van der Waals surface area contributed by atoms with Crippen LogP contribution in [0, 0.1) is 12.7 Å². The van der Waals surface area contributed by atoms with Gasteiger partial charge >= 0.3 is 0 Å². The Morgan fingerprint density at radius 1 is 1.03 bits per heavy atom. The van der Waals surface area contributed by atoms with Crippen LogP contribution in [0.5, 0.6) is 0 Å². The number of unbranched alkanes of at least 4 members (excludes halogenated alkanes) is 3. The molecular weight excluding hydrogens is 369 g/mol. The molecule has 4 nitrogen and oxygen atoms in total. The van der Waals surface area contributed by atoms with Gasteiger partial charge in [0, 0.05) is 17.7 Å². The van der Waals surface area contributed by atoms with Crippen LogP contribution >= 0.6 is 0 Å². The second-order valence-electron chi connectivity index (χ2n) is 7.44. The van der Waals surface area contributed by atoms with Crippen molar-refractivity contribution in [3.63, 3.8) is 0 Å². The summed E-state index contributed by atoms with van der Waals surface area (Å²) in [7, 11) is 0. The topological polar surface area (TPSA) is 57.6 Å². The average Bonchev–Trinajstić information content (AvgIpc) is 2.96. The number of likely N-dealkylation sites (tertiary alicyclic amines) is 1. The SMILES string of the molecule is CCCCCCN1C(=O)C(=O)C(=C(O)c2ccc(C)cc2)C1c1ccccc1F. The zero-order valence-electron chi connectivity index (χ0n) is 16.8. The van der Waals surface area contributed by atoms with Crippen molar-refractivity contribution in [3.8, 4) is 0 Å². The Morgan fingerprint density at radius 3 is 2.38 bits per heavy atom. The van der Waals surface area contributed by atoms with Crippen LogP contribution in [0.2, 0.25) is 0 Å². The number of aliphatic hydroxyl groups excluding tert-OH is 1. The highest BCUT2D eigenvalue weighted by atomic mass is 19.1. The number of halogens is 1. The van der Waals surface area contributed by atoms with E-state index < -0.39 is 23.5 Å². The van der Waals surface area contributed by atoms with Crippen LogP contribution in [0.1, 0.15) is 55.3 Å². The minimum absolute atomic E-state index is 0.0561. The Labute approximate surface area is 170 Å². The molecule has 0 saturated carbocycles. The highest BCUT2D eigenvalue weighted by Gasteiger charge is 2.46. The van der Waals surface area contributed by atoms with Crippen molar-refractivity contribution in [1.29, 1.82) is 0 Å². The van der Waals surface area contributed by atoms with Crippen LogP contribution in [0.25, 0.3) is 5.76 Å².